The molecule has 0 rings (SSSR count). The van der Waals surface area contributed by atoms with Gasteiger partial charge >= 0.3 is 18.0 Å². The first kappa shape index (κ1) is 22.2. The Kier molecular flexibility index (Phi) is 9.01. The topological polar surface area (TPSA) is 0 Å². The van der Waals surface area contributed by atoms with Crippen molar-refractivity contribution in [3.8, 4) is 0 Å². The smallest absolute Gasteiger partial charge is 0.223 e. The predicted octanol–water partition coefficient (Wildman–Crippen LogP) is 7.01. The molecule has 22 heavy (non-hydrogen) atoms. The van der Waals surface area contributed by atoms with Gasteiger partial charge in [-0.3, -0.25) is 0 Å². The molecule has 0 bridgehead atoms. The lowest BCUT2D eigenvalue weighted by atomic mass is 9.81. The lowest BCUT2D eigenvalue weighted by Crippen LogP contribution is -2.60. The quantitative estimate of drug-likeness (QED) is 0.154. The molecule has 0 nitrogen and oxygen atoms in total. The van der Waals surface area contributed by atoms with Gasteiger partial charge in [0.25, 0.3) is 0 Å². The largest absolute Gasteiger partial charge is 0.431 e. The average molecular weight is 450 g/mol. The van der Waals surface area contributed by atoms with Crippen LogP contribution in [0.15, 0.2) is 0 Å². The Morgan fingerprint density at radius 3 is 1.59 bits per heavy atom. The molecule has 0 radical (unpaired) electrons. The van der Waals surface area contributed by atoms with Crippen LogP contribution in [0.3, 0.4) is 0 Å². The maximum atomic E-state index is 14.1. The van der Waals surface area contributed by atoms with Crippen LogP contribution in [0.1, 0.15) is 58.8 Å². The molecule has 0 N–H and O–H groups in total. The molecule has 0 amide bonds. The van der Waals surface area contributed by atoms with Crippen LogP contribution in [0, 0.1) is 5.92 Å². The first-order valence-corrected chi connectivity index (χ1v) is 8.64. The molecule has 0 saturated heterocycles. The van der Waals surface area contributed by atoms with Gasteiger partial charge in [-0.15, -0.1) is 0 Å². The lowest BCUT2D eigenvalue weighted by Gasteiger charge is -2.38. The van der Waals surface area contributed by atoms with Gasteiger partial charge in [0.15, 0.2) is 0 Å². The standard InChI is InChI=1S/C14H22F7I/c1-3-5-6-7-8-9-11(22)10(4-2)12(15,13(16,17)18)14(19,20)21/h10-11H,3-9H2,1-2H3. The lowest BCUT2D eigenvalue weighted by molar-refractivity contribution is -0.357. The molecule has 0 aliphatic carbocycles. The van der Waals surface area contributed by atoms with Gasteiger partial charge in [-0.1, -0.05) is 68.5 Å². The molecule has 0 fully saturated rings. The van der Waals surface area contributed by atoms with E-state index >= 15 is 0 Å². The zero-order chi connectivity index (χ0) is 17.6. The minimum atomic E-state index is -5.96. The number of alkyl halides is 8. The third-order valence-electron chi connectivity index (χ3n) is 3.80. The first-order chi connectivity index (χ1) is 9.93. The van der Waals surface area contributed by atoms with E-state index in [1.807, 2.05) is 6.92 Å². The van der Waals surface area contributed by atoms with Gasteiger partial charge in [0.05, 0.1) is 0 Å². The Morgan fingerprint density at radius 2 is 1.23 bits per heavy atom. The van der Waals surface area contributed by atoms with Crippen molar-refractivity contribution in [3.05, 3.63) is 0 Å². The van der Waals surface area contributed by atoms with Crippen LogP contribution < -0.4 is 0 Å². The fourth-order valence-corrected chi connectivity index (χ4v) is 3.96. The summed E-state index contributed by atoms with van der Waals surface area (Å²) in [6, 6.07) is 0. The summed E-state index contributed by atoms with van der Waals surface area (Å²) in [6.45, 7) is 3.16. The summed E-state index contributed by atoms with van der Waals surface area (Å²) >= 11 is 1.53. The summed E-state index contributed by atoms with van der Waals surface area (Å²) < 4.78 is 89.8. The van der Waals surface area contributed by atoms with Crippen molar-refractivity contribution in [2.45, 2.75) is 80.7 Å². The summed E-state index contributed by atoms with van der Waals surface area (Å²) in [5.41, 5.74) is -5.15. The summed E-state index contributed by atoms with van der Waals surface area (Å²) in [6.07, 6.45) is -8.19. The van der Waals surface area contributed by atoms with E-state index in [-0.39, 0.29) is 6.42 Å². The molecule has 0 heterocycles. The monoisotopic (exact) mass is 450 g/mol. The second kappa shape index (κ2) is 8.92. The Labute approximate surface area is 140 Å². The van der Waals surface area contributed by atoms with E-state index in [1.54, 1.807) is 0 Å². The third kappa shape index (κ3) is 5.40. The predicted molar refractivity (Wildman–Crippen MR) is 80.9 cm³/mol. The highest BCUT2D eigenvalue weighted by molar-refractivity contribution is 14.1. The van der Waals surface area contributed by atoms with E-state index in [0.29, 0.717) is 6.42 Å². The van der Waals surface area contributed by atoms with E-state index in [4.69, 9.17) is 0 Å². The van der Waals surface area contributed by atoms with Crippen LogP contribution in [-0.4, -0.2) is 21.9 Å². The van der Waals surface area contributed by atoms with Crippen LogP contribution in [0.2, 0.25) is 0 Å². The van der Waals surface area contributed by atoms with Crippen molar-refractivity contribution in [2.24, 2.45) is 5.92 Å². The Bertz CT molecular complexity index is 297. The summed E-state index contributed by atoms with van der Waals surface area (Å²) in [5, 5.41) is 0. The van der Waals surface area contributed by atoms with Crippen LogP contribution >= 0.6 is 22.6 Å². The summed E-state index contributed by atoms with van der Waals surface area (Å²) in [4.78, 5) is 0. The van der Waals surface area contributed by atoms with Gasteiger partial charge in [0.1, 0.15) is 0 Å². The van der Waals surface area contributed by atoms with Gasteiger partial charge in [-0.2, -0.15) is 26.3 Å². The molecule has 8 heteroatoms. The molecular formula is C14H22F7I. The summed E-state index contributed by atoms with van der Waals surface area (Å²) in [5.74, 6) is -2.13. The normalized spacial score (nSPS) is 16.6. The highest BCUT2D eigenvalue weighted by atomic mass is 127. The second-order valence-electron chi connectivity index (χ2n) is 5.44. The fraction of sp³-hybridized carbons (Fsp3) is 1.00. The molecule has 134 valence electrons. The molecule has 0 saturated carbocycles. The van der Waals surface area contributed by atoms with E-state index in [0.717, 1.165) is 25.7 Å². The molecular weight excluding hydrogens is 428 g/mol. The van der Waals surface area contributed by atoms with Crippen LogP contribution in [0.5, 0.6) is 0 Å². The maximum absolute atomic E-state index is 14.1. The second-order valence-corrected chi connectivity index (χ2v) is 7.04. The van der Waals surface area contributed by atoms with E-state index in [9.17, 15) is 30.7 Å². The number of hydrogen-bond acceptors (Lipinski definition) is 0. The van der Waals surface area contributed by atoms with Gasteiger partial charge < -0.3 is 0 Å². The average Bonchev–Trinajstić information content (AvgIpc) is 2.36. The highest BCUT2D eigenvalue weighted by Gasteiger charge is 2.76. The molecule has 0 aliphatic rings. The third-order valence-corrected chi connectivity index (χ3v) is 5.29. The van der Waals surface area contributed by atoms with Crippen molar-refractivity contribution in [1.82, 2.24) is 0 Å². The molecule has 0 aromatic carbocycles. The van der Waals surface area contributed by atoms with E-state index in [2.05, 4.69) is 0 Å². The SMILES string of the molecule is CCCCCCCC(I)C(CC)C(F)(C(F)(F)F)C(F)(F)F. The fourth-order valence-electron chi connectivity index (χ4n) is 2.51. The molecule has 2 atom stereocenters. The van der Waals surface area contributed by atoms with Crippen LogP contribution in [0.4, 0.5) is 30.7 Å². The van der Waals surface area contributed by atoms with Gasteiger partial charge in [0.2, 0.25) is 0 Å². The molecule has 2 unspecified atom stereocenters. The molecule has 0 aliphatic heterocycles. The number of halogens is 8. The van der Waals surface area contributed by atoms with Crippen molar-refractivity contribution in [2.75, 3.05) is 0 Å². The van der Waals surface area contributed by atoms with Crippen molar-refractivity contribution in [3.63, 3.8) is 0 Å². The van der Waals surface area contributed by atoms with Crippen LogP contribution in [-0.2, 0) is 0 Å². The van der Waals surface area contributed by atoms with Crippen molar-refractivity contribution < 1.29 is 30.7 Å². The Morgan fingerprint density at radius 1 is 0.773 bits per heavy atom. The van der Waals surface area contributed by atoms with Gasteiger partial charge in [0, 0.05) is 9.84 Å². The molecule has 0 aromatic heterocycles. The van der Waals surface area contributed by atoms with Crippen LogP contribution in [0.25, 0.3) is 0 Å². The van der Waals surface area contributed by atoms with E-state index < -0.39 is 34.3 Å². The van der Waals surface area contributed by atoms with Crippen molar-refractivity contribution in [1.29, 1.82) is 0 Å². The first-order valence-electron chi connectivity index (χ1n) is 7.39. The summed E-state index contributed by atoms with van der Waals surface area (Å²) in [7, 11) is 0. The van der Waals surface area contributed by atoms with E-state index in [1.165, 1.54) is 29.5 Å². The maximum Gasteiger partial charge on any atom is 0.431 e. The highest BCUT2D eigenvalue weighted by Crippen LogP contribution is 2.54. The molecule has 0 spiro atoms. The zero-order valence-electron chi connectivity index (χ0n) is 12.6. The number of rotatable bonds is 9. The zero-order valence-corrected chi connectivity index (χ0v) is 14.8. The Hall–Kier alpha value is 0.240. The van der Waals surface area contributed by atoms with Crippen molar-refractivity contribution >= 4 is 22.6 Å². The molecule has 0 aromatic rings. The van der Waals surface area contributed by atoms with Gasteiger partial charge in [-0.05, 0) is 12.8 Å². The Balaban J connectivity index is 5.02. The number of unbranched alkanes of at least 4 members (excludes halogenated alkanes) is 4. The number of hydrogen-bond donors (Lipinski definition) is 0. The minimum Gasteiger partial charge on any atom is -0.223 e. The minimum absolute atomic E-state index is 0.153. The van der Waals surface area contributed by atoms with Gasteiger partial charge in [-0.25, -0.2) is 4.39 Å².